The van der Waals surface area contributed by atoms with E-state index in [2.05, 4.69) is 19.9 Å². The molecule has 2 aromatic carbocycles. The summed E-state index contributed by atoms with van der Waals surface area (Å²) in [5.41, 5.74) is 0.622. The maximum atomic E-state index is 13.0. The smallest absolute Gasteiger partial charge is 0.242 e. The summed E-state index contributed by atoms with van der Waals surface area (Å²) in [5.74, 6) is 0.765. The highest BCUT2D eigenvalue weighted by atomic mass is 32.2. The second-order valence-electron chi connectivity index (χ2n) is 5.96. The highest BCUT2D eigenvalue weighted by Crippen LogP contribution is 2.25. The number of nitrogens with one attached hydrogen (secondary N) is 2. The molecule has 0 amide bonds. The van der Waals surface area contributed by atoms with Gasteiger partial charge in [-0.05, 0) is 24.6 Å². The van der Waals surface area contributed by atoms with Crippen LogP contribution in [-0.2, 0) is 19.9 Å². The van der Waals surface area contributed by atoms with Gasteiger partial charge in [-0.3, -0.25) is 5.10 Å². The molecule has 0 aliphatic rings. The van der Waals surface area contributed by atoms with Crippen LogP contribution in [0.2, 0.25) is 0 Å². The minimum Gasteiger partial charge on any atom is -0.263 e. The van der Waals surface area contributed by atoms with Crippen LogP contribution in [0.1, 0.15) is 23.3 Å². The van der Waals surface area contributed by atoms with E-state index in [-0.39, 0.29) is 15.6 Å². The number of aryl methyl sites for hydroxylation is 1. The Morgan fingerprint density at radius 1 is 0.926 bits per heavy atom. The maximum Gasteiger partial charge on any atom is 0.242 e. The number of rotatable bonds is 6. The summed E-state index contributed by atoms with van der Waals surface area (Å²) in [5, 5.41) is 6.75. The van der Waals surface area contributed by atoms with Crippen LogP contribution in [0.25, 0.3) is 0 Å². The van der Waals surface area contributed by atoms with Crippen LogP contribution in [0.5, 0.6) is 0 Å². The summed E-state index contributed by atoms with van der Waals surface area (Å²) in [6, 6.07) is 13.4. The van der Waals surface area contributed by atoms with E-state index in [0.717, 1.165) is 6.26 Å². The van der Waals surface area contributed by atoms with Crippen molar-refractivity contribution in [3.05, 3.63) is 71.8 Å². The highest BCUT2D eigenvalue weighted by Gasteiger charge is 2.29. The van der Waals surface area contributed by atoms with Gasteiger partial charge in [-0.15, -0.1) is 0 Å². The quantitative estimate of drug-likeness (QED) is 0.641. The molecule has 0 spiro atoms. The first-order valence-corrected chi connectivity index (χ1v) is 11.3. The zero-order valence-electron chi connectivity index (χ0n) is 14.6. The molecule has 8 nitrogen and oxygen atoms in total. The van der Waals surface area contributed by atoms with E-state index >= 15 is 0 Å². The van der Waals surface area contributed by atoms with Crippen molar-refractivity contribution in [3.63, 3.8) is 0 Å². The summed E-state index contributed by atoms with van der Waals surface area (Å²) < 4.78 is 52.6. The first-order chi connectivity index (χ1) is 12.7. The number of sulfone groups is 1. The Morgan fingerprint density at radius 3 is 2.07 bits per heavy atom. The van der Waals surface area contributed by atoms with Crippen LogP contribution in [-0.4, -0.2) is 38.3 Å². The van der Waals surface area contributed by atoms with Crippen molar-refractivity contribution in [1.29, 1.82) is 0 Å². The Morgan fingerprint density at radius 2 is 1.52 bits per heavy atom. The fraction of sp³-hybridized carbons (Fsp3) is 0.176. The standard InChI is InChI=1S/C17H18N4O4S2/c1-12-18-17(20-19-12)16(13-8-4-3-5-9-13)21-27(24,25)15-11-7-6-10-14(15)26(2,22)23/h3-11,16,21H,1-2H3,(H,18,19,20). The van der Waals surface area contributed by atoms with E-state index < -0.39 is 25.9 Å². The van der Waals surface area contributed by atoms with Crippen LogP contribution < -0.4 is 4.72 Å². The molecule has 0 bridgehead atoms. The zero-order valence-corrected chi connectivity index (χ0v) is 16.3. The van der Waals surface area contributed by atoms with Gasteiger partial charge >= 0.3 is 0 Å². The lowest BCUT2D eigenvalue weighted by Gasteiger charge is -2.17. The van der Waals surface area contributed by atoms with Gasteiger partial charge in [0.2, 0.25) is 10.0 Å². The van der Waals surface area contributed by atoms with Gasteiger partial charge in [0.15, 0.2) is 15.7 Å². The first-order valence-electron chi connectivity index (χ1n) is 7.94. The Bertz CT molecular complexity index is 1160. The minimum absolute atomic E-state index is 0.235. The number of hydrogen-bond acceptors (Lipinski definition) is 6. The van der Waals surface area contributed by atoms with E-state index in [0.29, 0.717) is 11.4 Å². The van der Waals surface area contributed by atoms with Crippen LogP contribution >= 0.6 is 0 Å². The first kappa shape index (κ1) is 19.2. The Kier molecular flexibility index (Phi) is 5.13. The average molecular weight is 406 g/mol. The van der Waals surface area contributed by atoms with Crippen molar-refractivity contribution < 1.29 is 16.8 Å². The van der Waals surface area contributed by atoms with Crippen molar-refractivity contribution in [2.24, 2.45) is 0 Å². The van der Waals surface area contributed by atoms with Gasteiger partial charge in [0, 0.05) is 6.26 Å². The van der Waals surface area contributed by atoms with Crippen LogP contribution in [0.3, 0.4) is 0 Å². The fourth-order valence-electron chi connectivity index (χ4n) is 2.60. The number of sulfonamides is 1. The molecular formula is C17H18N4O4S2. The van der Waals surface area contributed by atoms with Crippen molar-refractivity contribution >= 4 is 19.9 Å². The molecule has 0 fully saturated rings. The lowest BCUT2D eigenvalue weighted by Crippen LogP contribution is -2.31. The van der Waals surface area contributed by atoms with Crippen LogP contribution in [0.15, 0.2) is 64.4 Å². The molecule has 1 unspecified atom stereocenters. The van der Waals surface area contributed by atoms with Crippen LogP contribution in [0.4, 0.5) is 0 Å². The number of hydrogen-bond donors (Lipinski definition) is 2. The molecule has 1 heterocycles. The predicted octanol–water partition coefficient (Wildman–Crippen LogP) is 1.58. The van der Waals surface area contributed by atoms with Gasteiger partial charge in [0.05, 0.1) is 4.90 Å². The summed E-state index contributed by atoms with van der Waals surface area (Å²) in [7, 11) is -7.92. The molecule has 3 aromatic rings. The number of nitrogens with zero attached hydrogens (tertiary/aromatic N) is 2. The summed E-state index contributed by atoms with van der Waals surface area (Å²) in [6.07, 6.45) is 0.967. The Hall–Kier alpha value is -2.56. The third-order valence-corrected chi connectivity index (χ3v) is 6.58. The molecule has 10 heteroatoms. The molecule has 0 aliphatic heterocycles. The molecule has 0 saturated heterocycles. The third-order valence-electron chi connectivity index (χ3n) is 3.82. The van der Waals surface area contributed by atoms with Gasteiger partial charge in [0.1, 0.15) is 16.8 Å². The van der Waals surface area contributed by atoms with Crippen LogP contribution in [0, 0.1) is 6.92 Å². The SMILES string of the molecule is Cc1nc(C(NS(=O)(=O)c2ccccc2S(C)(=O)=O)c2ccccc2)n[nH]1. The van der Waals surface area contributed by atoms with Gasteiger partial charge < -0.3 is 0 Å². The van der Waals surface area contributed by atoms with E-state index in [1.54, 1.807) is 37.3 Å². The zero-order chi connectivity index (χ0) is 19.7. The topological polar surface area (TPSA) is 122 Å². The second kappa shape index (κ2) is 7.22. The highest BCUT2D eigenvalue weighted by molar-refractivity contribution is 7.93. The second-order valence-corrected chi connectivity index (χ2v) is 9.63. The van der Waals surface area contributed by atoms with Gasteiger partial charge in [-0.2, -0.15) is 9.82 Å². The Labute approximate surface area is 157 Å². The van der Waals surface area contributed by atoms with Crippen molar-refractivity contribution in [1.82, 2.24) is 19.9 Å². The fourth-order valence-corrected chi connectivity index (χ4v) is 5.41. The molecule has 0 radical (unpaired) electrons. The van der Waals surface area contributed by atoms with Gasteiger partial charge in [-0.25, -0.2) is 21.8 Å². The Balaban J connectivity index is 2.09. The molecule has 2 N–H and O–H groups in total. The number of aromatic amines is 1. The maximum absolute atomic E-state index is 13.0. The molecule has 3 rings (SSSR count). The van der Waals surface area contributed by atoms with Gasteiger partial charge in [-0.1, -0.05) is 42.5 Å². The molecule has 1 atom stereocenters. The number of aromatic nitrogens is 3. The monoisotopic (exact) mass is 406 g/mol. The minimum atomic E-state index is -4.18. The summed E-state index contributed by atoms with van der Waals surface area (Å²) in [6.45, 7) is 1.70. The van der Waals surface area contributed by atoms with Crippen molar-refractivity contribution in [3.8, 4) is 0 Å². The summed E-state index contributed by atoms with van der Waals surface area (Å²) in [4.78, 5) is 3.64. The number of benzene rings is 2. The largest absolute Gasteiger partial charge is 0.263 e. The van der Waals surface area contributed by atoms with E-state index in [9.17, 15) is 16.8 Å². The molecule has 27 heavy (non-hydrogen) atoms. The van der Waals surface area contributed by atoms with E-state index in [1.807, 2.05) is 0 Å². The summed E-state index contributed by atoms with van der Waals surface area (Å²) >= 11 is 0. The average Bonchev–Trinajstić information content (AvgIpc) is 3.06. The predicted molar refractivity (Wildman–Crippen MR) is 99.3 cm³/mol. The molecule has 0 aliphatic carbocycles. The molecule has 142 valence electrons. The van der Waals surface area contributed by atoms with E-state index in [4.69, 9.17) is 0 Å². The third kappa shape index (κ3) is 4.24. The van der Waals surface area contributed by atoms with Crippen molar-refractivity contribution in [2.45, 2.75) is 22.8 Å². The lowest BCUT2D eigenvalue weighted by molar-refractivity contribution is 0.562. The normalized spacial score (nSPS) is 13.4. The molecular weight excluding hydrogens is 388 g/mol. The molecule has 0 saturated carbocycles. The van der Waals surface area contributed by atoms with E-state index in [1.165, 1.54) is 24.3 Å². The van der Waals surface area contributed by atoms with Crippen molar-refractivity contribution in [2.75, 3.05) is 6.26 Å². The van der Waals surface area contributed by atoms with Gasteiger partial charge in [0.25, 0.3) is 0 Å². The number of H-pyrrole nitrogens is 1. The molecule has 1 aromatic heterocycles. The lowest BCUT2D eigenvalue weighted by atomic mass is 10.1.